The first-order chi connectivity index (χ1) is 11.4. The van der Waals surface area contributed by atoms with Crippen LogP contribution in [-0.4, -0.2) is 26.0 Å². The Morgan fingerprint density at radius 2 is 1.83 bits per heavy atom. The van der Waals surface area contributed by atoms with Crippen molar-refractivity contribution in [2.24, 2.45) is 0 Å². The Labute approximate surface area is 139 Å². The number of furan rings is 1. The Bertz CT molecular complexity index is 751. The summed E-state index contributed by atoms with van der Waals surface area (Å²) in [6.45, 7) is 3.83. The molecule has 0 fully saturated rings. The zero-order valence-corrected chi connectivity index (χ0v) is 14.1. The fourth-order valence-corrected chi connectivity index (χ4v) is 2.21. The quantitative estimate of drug-likeness (QED) is 0.819. The normalized spacial score (nSPS) is 10.2. The highest BCUT2D eigenvalue weighted by atomic mass is 16.5. The second-order valence-corrected chi connectivity index (χ2v) is 5.14. The number of methoxy groups -OCH3 is 2. The maximum absolute atomic E-state index is 12.0. The van der Waals surface area contributed by atoms with Crippen LogP contribution in [0.25, 0.3) is 0 Å². The van der Waals surface area contributed by atoms with E-state index in [0.29, 0.717) is 22.9 Å². The van der Waals surface area contributed by atoms with Crippen LogP contribution in [0, 0.1) is 13.8 Å². The molecule has 7 heteroatoms. The van der Waals surface area contributed by atoms with Crippen LogP contribution in [0.2, 0.25) is 0 Å². The van der Waals surface area contributed by atoms with Gasteiger partial charge >= 0.3 is 11.8 Å². The van der Waals surface area contributed by atoms with Gasteiger partial charge in [0.05, 0.1) is 19.9 Å². The van der Waals surface area contributed by atoms with Gasteiger partial charge in [0.2, 0.25) is 0 Å². The predicted octanol–water partition coefficient (Wildman–Crippen LogP) is 2.17. The molecule has 2 amide bonds. The second-order valence-electron chi connectivity index (χ2n) is 5.14. The third kappa shape index (κ3) is 4.07. The minimum absolute atomic E-state index is 0.213. The smallest absolute Gasteiger partial charge is 0.313 e. The SMILES string of the molecule is COc1ccc(OC)c(NC(=O)C(=O)NCc2cc(C)oc2C)c1. The van der Waals surface area contributed by atoms with E-state index < -0.39 is 11.8 Å². The molecule has 2 aromatic rings. The number of rotatable bonds is 5. The fourth-order valence-electron chi connectivity index (χ4n) is 2.21. The van der Waals surface area contributed by atoms with Gasteiger partial charge in [0.25, 0.3) is 0 Å². The van der Waals surface area contributed by atoms with Gasteiger partial charge in [-0.1, -0.05) is 0 Å². The highest BCUT2D eigenvalue weighted by Crippen LogP contribution is 2.28. The number of carbonyl (C=O) groups is 2. The Morgan fingerprint density at radius 1 is 1.08 bits per heavy atom. The molecule has 128 valence electrons. The molecule has 1 heterocycles. The van der Waals surface area contributed by atoms with Gasteiger partial charge in [0.15, 0.2) is 0 Å². The number of anilines is 1. The van der Waals surface area contributed by atoms with E-state index in [0.717, 1.165) is 11.3 Å². The van der Waals surface area contributed by atoms with Gasteiger partial charge in [0, 0.05) is 18.2 Å². The lowest BCUT2D eigenvalue weighted by Crippen LogP contribution is -2.35. The lowest BCUT2D eigenvalue weighted by molar-refractivity contribution is -0.136. The summed E-state index contributed by atoms with van der Waals surface area (Å²) in [6, 6.07) is 6.73. The number of amides is 2. The highest BCUT2D eigenvalue weighted by Gasteiger charge is 2.17. The minimum atomic E-state index is -0.792. The van der Waals surface area contributed by atoms with Crippen molar-refractivity contribution in [3.8, 4) is 11.5 Å². The van der Waals surface area contributed by atoms with Gasteiger partial charge in [-0.2, -0.15) is 0 Å². The maximum atomic E-state index is 12.0. The molecule has 0 aliphatic heterocycles. The van der Waals surface area contributed by atoms with E-state index in [4.69, 9.17) is 13.9 Å². The zero-order valence-electron chi connectivity index (χ0n) is 14.1. The molecule has 1 aromatic carbocycles. The first-order valence-electron chi connectivity index (χ1n) is 7.31. The van der Waals surface area contributed by atoms with Crippen molar-refractivity contribution in [2.45, 2.75) is 20.4 Å². The molecule has 0 saturated heterocycles. The molecule has 0 radical (unpaired) electrons. The van der Waals surface area contributed by atoms with Gasteiger partial charge in [0.1, 0.15) is 23.0 Å². The van der Waals surface area contributed by atoms with Crippen LogP contribution in [0.5, 0.6) is 11.5 Å². The number of aryl methyl sites for hydroxylation is 2. The van der Waals surface area contributed by atoms with E-state index >= 15 is 0 Å². The Kier molecular flexibility index (Phi) is 5.47. The molecule has 0 saturated carbocycles. The molecule has 2 rings (SSSR count). The summed E-state index contributed by atoms with van der Waals surface area (Å²) >= 11 is 0. The summed E-state index contributed by atoms with van der Waals surface area (Å²) in [5.41, 5.74) is 1.18. The molecule has 0 aliphatic rings. The van der Waals surface area contributed by atoms with Gasteiger partial charge in [-0.05, 0) is 32.0 Å². The molecule has 1 aromatic heterocycles. The highest BCUT2D eigenvalue weighted by molar-refractivity contribution is 6.39. The molecular formula is C17H20N2O5. The van der Waals surface area contributed by atoms with Gasteiger partial charge in [-0.15, -0.1) is 0 Å². The fraction of sp³-hybridized carbons (Fsp3) is 0.294. The topological polar surface area (TPSA) is 89.8 Å². The van der Waals surface area contributed by atoms with E-state index in [-0.39, 0.29) is 6.54 Å². The summed E-state index contributed by atoms with van der Waals surface area (Å²) in [4.78, 5) is 24.0. The number of carbonyl (C=O) groups excluding carboxylic acids is 2. The van der Waals surface area contributed by atoms with Gasteiger partial charge < -0.3 is 24.5 Å². The van der Waals surface area contributed by atoms with E-state index in [1.807, 2.05) is 13.0 Å². The summed E-state index contributed by atoms with van der Waals surface area (Å²) in [5, 5.41) is 5.07. The summed E-state index contributed by atoms with van der Waals surface area (Å²) in [5.74, 6) is 0.886. The largest absolute Gasteiger partial charge is 0.497 e. The lowest BCUT2D eigenvalue weighted by Gasteiger charge is -2.11. The van der Waals surface area contributed by atoms with Crippen LogP contribution in [0.1, 0.15) is 17.1 Å². The number of hydrogen-bond donors (Lipinski definition) is 2. The van der Waals surface area contributed by atoms with Crippen LogP contribution in [0.15, 0.2) is 28.7 Å². The number of benzene rings is 1. The van der Waals surface area contributed by atoms with Gasteiger partial charge in [-0.3, -0.25) is 9.59 Å². The van der Waals surface area contributed by atoms with Crippen LogP contribution >= 0.6 is 0 Å². The number of nitrogens with one attached hydrogen (secondary N) is 2. The molecule has 24 heavy (non-hydrogen) atoms. The monoisotopic (exact) mass is 332 g/mol. The lowest BCUT2D eigenvalue weighted by atomic mass is 10.2. The van der Waals surface area contributed by atoms with Crippen molar-refractivity contribution in [2.75, 3.05) is 19.5 Å². The molecule has 0 unspecified atom stereocenters. The van der Waals surface area contributed by atoms with E-state index in [2.05, 4.69) is 10.6 Å². The summed E-state index contributed by atoms with van der Waals surface area (Å²) in [6.07, 6.45) is 0. The Hall–Kier alpha value is -2.96. The first-order valence-corrected chi connectivity index (χ1v) is 7.31. The van der Waals surface area contributed by atoms with E-state index in [1.165, 1.54) is 14.2 Å². The molecule has 7 nitrogen and oxygen atoms in total. The van der Waals surface area contributed by atoms with Crippen molar-refractivity contribution in [3.63, 3.8) is 0 Å². The van der Waals surface area contributed by atoms with Gasteiger partial charge in [-0.25, -0.2) is 0 Å². The Balaban J connectivity index is 2.01. The van der Waals surface area contributed by atoms with Crippen molar-refractivity contribution in [1.29, 1.82) is 0 Å². The summed E-state index contributed by atoms with van der Waals surface area (Å²) in [7, 11) is 2.98. The van der Waals surface area contributed by atoms with Crippen molar-refractivity contribution < 1.29 is 23.5 Å². The summed E-state index contributed by atoms with van der Waals surface area (Å²) < 4.78 is 15.6. The van der Waals surface area contributed by atoms with E-state index in [1.54, 1.807) is 25.1 Å². The number of ether oxygens (including phenoxy) is 2. The van der Waals surface area contributed by atoms with Crippen molar-refractivity contribution in [1.82, 2.24) is 5.32 Å². The molecule has 0 spiro atoms. The van der Waals surface area contributed by atoms with Crippen LogP contribution in [-0.2, 0) is 16.1 Å². The molecule has 0 atom stereocenters. The molecule has 2 N–H and O–H groups in total. The maximum Gasteiger partial charge on any atom is 0.313 e. The van der Waals surface area contributed by atoms with Crippen LogP contribution in [0.4, 0.5) is 5.69 Å². The second kappa shape index (κ2) is 7.54. The zero-order chi connectivity index (χ0) is 17.7. The third-order valence-corrected chi connectivity index (χ3v) is 3.44. The van der Waals surface area contributed by atoms with Crippen molar-refractivity contribution >= 4 is 17.5 Å². The first kappa shape index (κ1) is 17.4. The minimum Gasteiger partial charge on any atom is -0.497 e. The standard InChI is InChI=1S/C17H20N2O5/c1-10-7-12(11(2)24-10)9-18-16(20)17(21)19-14-8-13(22-3)5-6-15(14)23-4/h5-8H,9H2,1-4H3,(H,18,20)(H,19,21). The van der Waals surface area contributed by atoms with Crippen LogP contribution < -0.4 is 20.1 Å². The molecule has 0 aliphatic carbocycles. The molecule has 0 bridgehead atoms. The van der Waals surface area contributed by atoms with Crippen LogP contribution in [0.3, 0.4) is 0 Å². The number of hydrogen-bond acceptors (Lipinski definition) is 5. The Morgan fingerprint density at radius 3 is 2.42 bits per heavy atom. The van der Waals surface area contributed by atoms with E-state index in [9.17, 15) is 9.59 Å². The average molecular weight is 332 g/mol. The average Bonchev–Trinajstić information content (AvgIpc) is 2.89. The molecular weight excluding hydrogens is 312 g/mol. The predicted molar refractivity (Wildman–Crippen MR) is 88.2 cm³/mol. The third-order valence-electron chi connectivity index (χ3n) is 3.44. The van der Waals surface area contributed by atoms with Crippen molar-refractivity contribution in [3.05, 3.63) is 41.3 Å².